The SMILES string of the molecule is Cc1nn2c(C#N)c(-c3ccc(Cl)c(C)c3)nc2s1. The molecule has 6 heteroatoms. The van der Waals surface area contributed by atoms with Crippen molar-refractivity contribution in [3.63, 3.8) is 0 Å². The lowest BCUT2D eigenvalue weighted by Crippen LogP contribution is -1.91. The zero-order valence-electron chi connectivity index (χ0n) is 10.3. The Morgan fingerprint density at radius 2 is 2.16 bits per heavy atom. The van der Waals surface area contributed by atoms with E-state index < -0.39 is 0 Å². The number of imidazole rings is 1. The van der Waals surface area contributed by atoms with Crippen LogP contribution in [0.2, 0.25) is 5.02 Å². The smallest absolute Gasteiger partial charge is 0.213 e. The fraction of sp³-hybridized carbons (Fsp3) is 0.154. The molecule has 0 N–H and O–H groups in total. The fourth-order valence-corrected chi connectivity index (χ4v) is 2.80. The molecule has 0 saturated carbocycles. The number of fused-ring (bicyclic) bond motifs is 1. The van der Waals surface area contributed by atoms with Gasteiger partial charge in [0.05, 0.1) is 0 Å². The summed E-state index contributed by atoms with van der Waals surface area (Å²) in [5, 5.41) is 15.2. The molecule has 0 aliphatic heterocycles. The van der Waals surface area contributed by atoms with E-state index in [1.165, 1.54) is 11.3 Å². The predicted octanol–water partition coefficient (Wildman–Crippen LogP) is 3.60. The highest BCUT2D eigenvalue weighted by atomic mass is 35.5. The largest absolute Gasteiger partial charge is 0.216 e. The van der Waals surface area contributed by atoms with Crippen LogP contribution in [-0.4, -0.2) is 14.6 Å². The molecule has 2 heterocycles. The van der Waals surface area contributed by atoms with Crippen LogP contribution in [-0.2, 0) is 0 Å². The minimum Gasteiger partial charge on any atom is -0.216 e. The summed E-state index contributed by atoms with van der Waals surface area (Å²) >= 11 is 7.49. The van der Waals surface area contributed by atoms with Crippen molar-refractivity contribution in [3.05, 3.63) is 39.5 Å². The van der Waals surface area contributed by atoms with Gasteiger partial charge in [0, 0.05) is 10.6 Å². The van der Waals surface area contributed by atoms with Gasteiger partial charge in [-0.3, -0.25) is 0 Å². The molecule has 0 amide bonds. The molecule has 3 aromatic rings. The molecular formula is C13H9ClN4S. The highest BCUT2D eigenvalue weighted by Crippen LogP contribution is 2.28. The van der Waals surface area contributed by atoms with E-state index in [1.54, 1.807) is 4.52 Å². The van der Waals surface area contributed by atoms with Gasteiger partial charge in [-0.05, 0) is 31.5 Å². The van der Waals surface area contributed by atoms with Gasteiger partial charge in [-0.2, -0.15) is 14.9 Å². The fourth-order valence-electron chi connectivity index (χ4n) is 1.94. The van der Waals surface area contributed by atoms with Crippen LogP contribution in [0.4, 0.5) is 0 Å². The summed E-state index contributed by atoms with van der Waals surface area (Å²) in [4.78, 5) is 5.23. The third-order valence-electron chi connectivity index (χ3n) is 2.84. The number of hydrogen-bond acceptors (Lipinski definition) is 4. The highest BCUT2D eigenvalue weighted by Gasteiger charge is 2.17. The molecule has 0 radical (unpaired) electrons. The Morgan fingerprint density at radius 1 is 1.37 bits per heavy atom. The van der Waals surface area contributed by atoms with Crippen LogP contribution < -0.4 is 0 Å². The van der Waals surface area contributed by atoms with Gasteiger partial charge in [0.15, 0.2) is 5.69 Å². The van der Waals surface area contributed by atoms with E-state index in [9.17, 15) is 5.26 Å². The first-order valence-electron chi connectivity index (χ1n) is 5.63. The summed E-state index contributed by atoms with van der Waals surface area (Å²) in [5.41, 5.74) is 2.96. The van der Waals surface area contributed by atoms with Crippen molar-refractivity contribution < 1.29 is 0 Å². The second-order valence-electron chi connectivity index (χ2n) is 4.20. The second-order valence-corrected chi connectivity index (χ2v) is 5.77. The summed E-state index contributed by atoms with van der Waals surface area (Å²) in [5.74, 6) is 0. The monoisotopic (exact) mass is 288 g/mol. The zero-order valence-corrected chi connectivity index (χ0v) is 11.9. The summed E-state index contributed by atoms with van der Waals surface area (Å²) in [7, 11) is 0. The van der Waals surface area contributed by atoms with Crippen LogP contribution in [0.15, 0.2) is 18.2 Å². The van der Waals surface area contributed by atoms with Crippen LogP contribution in [0.3, 0.4) is 0 Å². The molecular weight excluding hydrogens is 280 g/mol. The first-order chi connectivity index (χ1) is 9.10. The summed E-state index contributed by atoms with van der Waals surface area (Å²) < 4.78 is 1.60. The minimum atomic E-state index is 0.459. The van der Waals surface area contributed by atoms with Crippen molar-refractivity contribution in [1.82, 2.24) is 14.6 Å². The number of aryl methyl sites for hydroxylation is 2. The van der Waals surface area contributed by atoms with E-state index in [1.807, 2.05) is 32.0 Å². The summed E-state index contributed by atoms with van der Waals surface area (Å²) in [6, 6.07) is 7.80. The van der Waals surface area contributed by atoms with Gasteiger partial charge in [-0.25, -0.2) is 4.98 Å². The number of hydrogen-bond donors (Lipinski definition) is 0. The molecule has 2 aromatic heterocycles. The first-order valence-corrected chi connectivity index (χ1v) is 6.82. The van der Waals surface area contributed by atoms with E-state index in [-0.39, 0.29) is 0 Å². The van der Waals surface area contributed by atoms with E-state index in [2.05, 4.69) is 16.2 Å². The van der Waals surface area contributed by atoms with Crippen molar-refractivity contribution in [2.45, 2.75) is 13.8 Å². The van der Waals surface area contributed by atoms with Gasteiger partial charge < -0.3 is 0 Å². The van der Waals surface area contributed by atoms with E-state index in [4.69, 9.17) is 11.6 Å². The van der Waals surface area contributed by atoms with E-state index in [0.29, 0.717) is 16.4 Å². The van der Waals surface area contributed by atoms with Gasteiger partial charge in [0.25, 0.3) is 0 Å². The average Bonchev–Trinajstić information content (AvgIpc) is 2.88. The van der Waals surface area contributed by atoms with Gasteiger partial charge in [0.2, 0.25) is 4.96 Å². The van der Waals surface area contributed by atoms with Crippen LogP contribution >= 0.6 is 22.9 Å². The normalized spacial score (nSPS) is 10.8. The first kappa shape index (κ1) is 12.2. The molecule has 4 nitrogen and oxygen atoms in total. The van der Waals surface area contributed by atoms with Crippen molar-refractivity contribution in [2.75, 3.05) is 0 Å². The van der Waals surface area contributed by atoms with Crippen molar-refractivity contribution in [2.24, 2.45) is 0 Å². The Hall–Kier alpha value is -1.90. The van der Waals surface area contributed by atoms with E-state index in [0.717, 1.165) is 21.1 Å². The molecule has 0 atom stereocenters. The lowest BCUT2D eigenvalue weighted by Gasteiger charge is -2.01. The van der Waals surface area contributed by atoms with Crippen LogP contribution in [0.1, 0.15) is 16.3 Å². The molecule has 0 unspecified atom stereocenters. The number of aromatic nitrogens is 3. The highest BCUT2D eigenvalue weighted by molar-refractivity contribution is 7.16. The van der Waals surface area contributed by atoms with Crippen molar-refractivity contribution in [1.29, 1.82) is 5.26 Å². The Balaban J connectivity index is 2.27. The summed E-state index contributed by atoms with van der Waals surface area (Å²) in [6.45, 7) is 3.82. The number of nitrogens with zero attached hydrogens (tertiary/aromatic N) is 4. The number of halogens is 1. The van der Waals surface area contributed by atoms with Crippen LogP contribution in [0.5, 0.6) is 0 Å². The Morgan fingerprint density at radius 3 is 2.84 bits per heavy atom. The second kappa shape index (κ2) is 4.34. The van der Waals surface area contributed by atoms with E-state index >= 15 is 0 Å². The molecule has 0 spiro atoms. The predicted molar refractivity (Wildman–Crippen MR) is 75.5 cm³/mol. The lowest BCUT2D eigenvalue weighted by molar-refractivity contribution is 0.931. The third-order valence-corrected chi connectivity index (χ3v) is 4.09. The van der Waals surface area contributed by atoms with Gasteiger partial charge in [-0.1, -0.05) is 29.0 Å². The van der Waals surface area contributed by atoms with Crippen molar-refractivity contribution >= 4 is 27.9 Å². The molecule has 0 aliphatic rings. The maximum Gasteiger partial charge on any atom is 0.213 e. The summed E-state index contributed by atoms with van der Waals surface area (Å²) in [6.07, 6.45) is 0. The lowest BCUT2D eigenvalue weighted by atomic mass is 10.1. The third kappa shape index (κ3) is 1.89. The molecule has 0 fully saturated rings. The van der Waals surface area contributed by atoms with Crippen LogP contribution in [0, 0.1) is 25.2 Å². The standard InChI is InChI=1S/C13H9ClN4S/c1-7-5-9(3-4-10(7)14)12-11(6-15)18-13(16-12)19-8(2)17-18/h3-5H,1-2H3. The molecule has 19 heavy (non-hydrogen) atoms. The van der Waals surface area contributed by atoms with Gasteiger partial charge in [-0.15, -0.1) is 0 Å². The molecule has 0 aliphatic carbocycles. The Kier molecular flexibility index (Phi) is 2.77. The Bertz CT molecular complexity index is 825. The van der Waals surface area contributed by atoms with Gasteiger partial charge in [0.1, 0.15) is 16.8 Å². The quantitative estimate of drug-likeness (QED) is 0.687. The molecule has 94 valence electrons. The number of benzene rings is 1. The zero-order chi connectivity index (χ0) is 13.6. The maximum atomic E-state index is 9.33. The molecule has 0 bridgehead atoms. The average molecular weight is 289 g/mol. The maximum absolute atomic E-state index is 9.33. The molecule has 0 saturated heterocycles. The van der Waals surface area contributed by atoms with Gasteiger partial charge >= 0.3 is 0 Å². The Labute approximate surface area is 118 Å². The topological polar surface area (TPSA) is 54.0 Å². The van der Waals surface area contributed by atoms with Crippen LogP contribution in [0.25, 0.3) is 16.2 Å². The number of nitriles is 1. The number of rotatable bonds is 1. The molecule has 3 rings (SSSR count). The van der Waals surface area contributed by atoms with Crippen molar-refractivity contribution in [3.8, 4) is 17.3 Å². The molecule has 1 aromatic carbocycles. The minimum absolute atomic E-state index is 0.459.